The van der Waals surface area contributed by atoms with Gasteiger partial charge in [-0.1, -0.05) is 12.1 Å². The van der Waals surface area contributed by atoms with Gasteiger partial charge in [-0.15, -0.1) is 0 Å². The Balaban J connectivity index is 1.53. The highest BCUT2D eigenvalue weighted by Gasteiger charge is 2.42. The Kier molecular flexibility index (Phi) is 4.72. The van der Waals surface area contributed by atoms with Gasteiger partial charge in [0.05, 0.1) is 19.7 Å². The molecule has 1 aromatic heterocycles. The summed E-state index contributed by atoms with van der Waals surface area (Å²) >= 11 is 0. The SMILES string of the molecule is CCn1ncnc1CN[C@@H]1CCN(C2CC2)[C@@H]1c1cccc(OC)c1. The highest BCUT2D eigenvalue weighted by atomic mass is 16.5. The van der Waals surface area contributed by atoms with Crippen molar-refractivity contribution >= 4 is 0 Å². The second-order valence-electron chi connectivity index (χ2n) is 6.96. The first-order chi connectivity index (χ1) is 12.3. The van der Waals surface area contributed by atoms with Crippen LogP contribution in [0.5, 0.6) is 5.75 Å². The lowest BCUT2D eigenvalue weighted by Crippen LogP contribution is -2.37. The van der Waals surface area contributed by atoms with E-state index in [1.165, 1.54) is 24.8 Å². The number of ether oxygens (including phenoxy) is 1. The van der Waals surface area contributed by atoms with Gasteiger partial charge in [0.2, 0.25) is 0 Å². The lowest BCUT2D eigenvalue weighted by Gasteiger charge is -2.29. The summed E-state index contributed by atoms with van der Waals surface area (Å²) in [6, 6.07) is 10.1. The summed E-state index contributed by atoms with van der Waals surface area (Å²) < 4.78 is 7.41. The van der Waals surface area contributed by atoms with Gasteiger partial charge in [-0.2, -0.15) is 5.10 Å². The van der Waals surface area contributed by atoms with Crippen LogP contribution in [0.3, 0.4) is 0 Å². The molecule has 0 unspecified atom stereocenters. The fourth-order valence-electron chi connectivity index (χ4n) is 4.01. The average Bonchev–Trinajstić information content (AvgIpc) is 3.24. The van der Waals surface area contributed by atoms with Crippen molar-refractivity contribution in [2.24, 2.45) is 0 Å². The zero-order chi connectivity index (χ0) is 17.2. The molecule has 0 radical (unpaired) electrons. The van der Waals surface area contributed by atoms with Crippen molar-refractivity contribution in [3.05, 3.63) is 42.0 Å². The minimum absolute atomic E-state index is 0.403. The smallest absolute Gasteiger partial charge is 0.140 e. The van der Waals surface area contributed by atoms with Crippen molar-refractivity contribution in [3.63, 3.8) is 0 Å². The molecule has 0 bridgehead atoms. The van der Waals surface area contributed by atoms with Gasteiger partial charge in [-0.05, 0) is 43.9 Å². The van der Waals surface area contributed by atoms with Crippen LogP contribution in [0, 0.1) is 0 Å². The fourth-order valence-corrected chi connectivity index (χ4v) is 4.01. The van der Waals surface area contributed by atoms with E-state index in [9.17, 15) is 0 Å². The number of nitrogens with one attached hydrogen (secondary N) is 1. The molecule has 25 heavy (non-hydrogen) atoms. The predicted molar refractivity (Wildman–Crippen MR) is 96.4 cm³/mol. The van der Waals surface area contributed by atoms with Crippen molar-refractivity contribution in [3.8, 4) is 5.75 Å². The first-order valence-electron chi connectivity index (χ1n) is 9.30. The molecule has 0 spiro atoms. The molecule has 1 aliphatic carbocycles. The number of methoxy groups -OCH3 is 1. The number of hydrogen-bond donors (Lipinski definition) is 1. The largest absolute Gasteiger partial charge is 0.497 e. The van der Waals surface area contributed by atoms with E-state index in [1.54, 1.807) is 13.4 Å². The summed E-state index contributed by atoms with van der Waals surface area (Å²) in [6.45, 7) is 4.87. The Bertz CT molecular complexity index is 711. The summed E-state index contributed by atoms with van der Waals surface area (Å²) in [5, 5.41) is 8.02. The van der Waals surface area contributed by atoms with E-state index in [1.807, 2.05) is 10.7 Å². The van der Waals surface area contributed by atoms with Gasteiger partial charge in [0.25, 0.3) is 0 Å². The number of likely N-dealkylation sites (tertiary alicyclic amines) is 1. The number of aryl methyl sites for hydroxylation is 1. The molecule has 1 aromatic carbocycles. The normalized spacial score (nSPS) is 23.9. The van der Waals surface area contributed by atoms with Gasteiger partial charge >= 0.3 is 0 Å². The van der Waals surface area contributed by atoms with Crippen LogP contribution < -0.4 is 10.1 Å². The zero-order valence-corrected chi connectivity index (χ0v) is 15.1. The Morgan fingerprint density at radius 2 is 2.16 bits per heavy atom. The lowest BCUT2D eigenvalue weighted by atomic mass is 9.99. The van der Waals surface area contributed by atoms with E-state index in [0.29, 0.717) is 12.1 Å². The van der Waals surface area contributed by atoms with Crippen LogP contribution in [-0.2, 0) is 13.1 Å². The summed E-state index contributed by atoms with van der Waals surface area (Å²) in [4.78, 5) is 7.07. The van der Waals surface area contributed by atoms with E-state index in [2.05, 4.69) is 45.4 Å². The Hall–Kier alpha value is -1.92. The van der Waals surface area contributed by atoms with E-state index >= 15 is 0 Å². The Morgan fingerprint density at radius 3 is 2.92 bits per heavy atom. The fraction of sp³-hybridized carbons (Fsp3) is 0.579. The topological polar surface area (TPSA) is 55.2 Å². The van der Waals surface area contributed by atoms with E-state index in [-0.39, 0.29) is 0 Å². The summed E-state index contributed by atoms with van der Waals surface area (Å²) in [5.74, 6) is 1.95. The van der Waals surface area contributed by atoms with Crippen molar-refractivity contribution in [1.29, 1.82) is 0 Å². The third kappa shape index (κ3) is 3.41. The molecule has 0 amide bonds. The molecular weight excluding hydrogens is 314 g/mol. The quantitative estimate of drug-likeness (QED) is 0.838. The van der Waals surface area contributed by atoms with Crippen LogP contribution in [0.2, 0.25) is 0 Å². The summed E-state index contributed by atoms with van der Waals surface area (Å²) in [7, 11) is 1.74. The maximum atomic E-state index is 5.45. The highest BCUT2D eigenvalue weighted by molar-refractivity contribution is 5.32. The number of nitrogens with zero attached hydrogens (tertiary/aromatic N) is 4. The molecule has 134 valence electrons. The number of rotatable bonds is 7. The number of benzene rings is 1. The van der Waals surface area contributed by atoms with E-state index in [0.717, 1.165) is 37.3 Å². The maximum Gasteiger partial charge on any atom is 0.140 e. The molecule has 1 aliphatic heterocycles. The monoisotopic (exact) mass is 341 g/mol. The maximum absolute atomic E-state index is 5.45. The third-order valence-corrected chi connectivity index (χ3v) is 5.41. The van der Waals surface area contributed by atoms with Crippen LogP contribution in [0.4, 0.5) is 0 Å². The van der Waals surface area contributed by atoms with Crippen molar-refractivity contribution in [2.75, 3.05) is 13.7 Å². The Labute approximate surface area is 149 Å². The second-order valence-corrected chi connectivity index (χ2v) is 6.96. The van der Waals surface area contributed by atoms with Gasteiger partial charge in [0.15, 0.2) is 0 Å². The van der Waals surface area contributed by atoms with Gasteiger partial charge in [-0.25, -0.2) is 9.67 Å². The molecule has 2 aliphatic rings. The van der Waals surface area contributed by atoms with Crippen molar-refractivity contribution in [2.45, 2.75) is 57.4 Å². The van der Waals surface area contributed by atoms with E-state index < -0.39 is 0 Å². The third-order valence-electron chi connectivity index (χ3n) is 5.41. The number of aromatic nitrogens is 3. The second kappa shape index (κ2) is 7.14. The molecule has 6 nitrogen and oxygen atoms in total. The first-order valence-corrected chi connectivity index (χ1v) is 9.30. The Morgan fingerprint density at radius 1 is 1.28 bits per heavy atom. The van der Waals surface area contributed by atoms with Gasteiger partial charge < -0.3 is 10.1 Å². The van der Waals surface area contributed by atoms with E-state index in [4.69, 9.17) is 4.74 Å². The van der Waals surface area contributed by atoms with Crippen LogP contribution >= 0.6 is 0 Å². The van der Waals surface area contributed by atoms with Crippen LogP contribution in [0.1, 0.15) is 43.6 Å². The zero-order valence-electron chi connectivity index (χ0n) is 15.1. The van der Waals surface area contributed by atoms with Crippen LogP contribution in [-0.4, -0.2) is 45.4 Å². The van der Waals surface area contributed by atoms with Crippen LogP contribution in [0.25, 0.3) is 0 Å². The molecule has 2 atom stereocenters. The molecule has 4 rings (SSSR count). The lowest BCUT2D eigenvalue weighted by molar-refractivity contribution is 0.225. The molecule has 2 heterocycles. The summed E-state index contributed by atoms with van der Waals surface area (Å²) in [6.07, 6.45) is 5.47. The summed E-state index contributed by atoms with van der Waals surface area (Å²) in [5.41, 5.74) is 1.35. The van der Waals surface area contributed by atoms with Crippen LogP contribution in [0.15, 0.2) is 30.6 Å². The highest BCUT2D eigenvalue weighted by Crippen LogP contribution is 2.41. The van der Waals surface area contributed by atoms with Gasteiger partial charge in [-0.3, -0.25) is 4.90 Å². The van der Waals surface area contributed by atoms with Gasteiger partial charge in [0, 0.05) is 25.2 Å². The average molecular weight is 341 g/mol. The molecule has 6 heteroatoms. The standard InChI is InChI=1S/C19H27N5O/c1-3-24-18(21-13-22-24)12-20-17-9-10-23(15-7-8-15)19(17)14-5-4-6-16(11-14)25-2/h4-6,11,13,15,17,19-20H,3,7-10,12H2,1-2H3/t17-,19-/m1/s1. The van der Waals surface area contributed by atoms with Crippen molar-refractivity contribution < 1.29 is 4.74 Å². The molecule has 1 N–H and O–H groups in total. The molecular formula is C19H27N5O. The minimum atomic E-state index is 0.403. The molecule has 1 saturated heterocycles. The molecule has 2 fully saturated rings. The van der Waals surface area contributed by atoms with Crippen molar-refractivity contribution in [1.82, 2.24) is 25.0 Å². The molecule has 1 saturated carbocycles. The molecule has 2 aromatic rings. The number of hydrogen-bond acceptors (Lipinski definition) is 5. The minimum Gasteiger partial charge on any atom is -0.497 e. The predicted octanol–water partition coefficient (Wildman–Crippen LogP) is 2.37. The van der Waals surface area contributed by atoms with Gasteiger partial charge in [0.1, 0.15) is 17.9 Å². The first kappa shape index (κ1) is 16.5.